The van der Waals surface area contributed by atoms with Crippen molar-refractivity contribution >= 4 is 22.9 Å². The Morgan fingerprint density at radius 3 is 2.62 bits per heavy atom. The van der Waals surface area contributed by atoms with Crippen molar-refractivity contribution in [3.05, 3.63) is 21.9 Å². The molecule has 2 heteroatoms. The highest BCUT2D eigenvalue weighted by Crippen LogP contribution is 2.33. The van der Waals surface area contributed by atoms with Crippen LogP contribution in [0.25, 0.3) is 0 Å². The van der Waals surface area contributed by atoms with E-state index in [4.69, 9.17) is 11.6 Å². The molecule has 0 N–H and O–H groups in total. The monoisotopic (exact) mass is 216 g/mol. The predicted octanol–water partition coefficient (Wildman–Crippen LogP) is 4.77. The highest BCUT2D eigenvalue weighted by molar-refractivity contribution is 7.12. The minimum atomic E-state index is 0.216. The molecule has 1 heterocycles. The highest BCUT2D eigenvalue weighted by atomic mass is 35.5. The van der Waals surface area contributed by atoms with Crippen LogP contribution >= 0.6 is 22.9 Å². The zero-order chi connectivity index (χ0) is 9.84. The third-order valence-corrected chi connectivity index (χ3v) is 4.03. The minimum absolute atomic E-state index is 0.216. The van der Waals surface area contributed by atoms with Crippen LogP contribution in [-0.2, 0) is 0 Å². The average Bonchev–Trinajstić information content (AvgIpc) is 2.51. The Morgan fingerprint density at radius 1 is 1.46 bits per heavy atom. The molecule has 13 heavy (non-hydrogen) atoms. The molecular formula is C11H17ClS. The van der Waals surface area contributed by atoms with Crippen LogP contribution in [0.5, 0.6) is 0 Å². The van der Waals surface area contributed by atoms with Crippen molar-refractivity contribution in [2.24, 2.45) is 5.92 Å². The Kier molecular flexibility index (Phi) is 4.27. The SMILES string of the molecule is CCC(C)CC(Cl)c1ccc(C)s1. The molecule has 0 aliphatic carbocycles. The number of aryl methyl sites for hydroxylation is 1. The predicted molar refractivity (Wildman–Crippen MR) is 61.7 cm³/mol. The largest absolute Gasteiger partial charge is 0.144 e. The van der Waals surface area contributed by atoms with Gasteiger partial charge in [0.15, 0.2) is 0 Å². The van der Waals surface area contributed by atoms with Gasteiger partial charge in [0.1, 0.15) is 0 Å². The quantitative estimate of drug-likeness (QED) is 0.636. The fourth-order valence-electron chi connectivity index (χ4n) is 1.26. The van der Waals surface area contributed by atoms with Gasteiger partial charge in [0.2, 0.25) is 0 Å². The average molecular weight is 217 g/mol. The molecule has 2 unspecified atom stereocenters. The first-order valence-electron chi connectivity index (χ1n) is 4.84. The van der Waals surface area contributed by atoms with Crippen molar-refractivity contribution in [1.29, 1.82) is 0 Å². The molecule has 0 aliphatic rings. The summed E-state index contributed by atoms with van der Waals surface area (Å²) in [4.78, 5) is 2.67. The lowest BCUT2D eigenvalue weighted by atomic mass is 10.0. The molecule has 1 rings (SSSR count). The van der Waals surface area contributed by atoms with E-state index < -0.39 is 0 Å². The Labute approximate surface area is 89.9 Å². The number of thiophene rings is 1. The summed E-state index contributed by atoms with van der Waals surface area (Å²) < 4.78 is 0. The molecule has 0 saturated heterocycles. The number of rotatable bonds is 4. The van der Waals surface area contributed by atoms with Crippen molar-refractivity contribution in [2.75, 3.05) is 0 Å². The second-order valence-electron chi connectivity index (χ2n) is 3.67. The van der Waals surface area contributed by atoms with Gasteiger partial charge in [-0.3, -0.25) is 0 Å². The van der Waals surface area contributed by atoms with E-state index in [1.165, 1.54) is 16.2 Å². The number of hydrogen-bond donors (Lipinski definition) is 0. The molecule has 2 atom stereocenters. The normalized spacial score (nSPS) is 15.7. The van der Waals surface area contributed by atoms with Crippen molar-refractivity contribution in [3.63, 3.8) is 0 Å². The molecule has 0 spiro atoms. The van der Waals surface area contributed by atoms with Crippen LogP contribution in [0.2, 0.25) is 0 Å². The van der Waals surface area contributed by atoms with Crippen molar-refractivity contribution in [2.45, 2.75) is 39.0 Å². The number of hydrogen-bond acceptors (Lipinski definition) is 1. The lowest BCUT2D eigenvalue weighted by Crippen LogP contribution is -1.96. The van der Waals surface area contributed by atoms with Gasteiger partial charge in [0.25, 0.3) is 0 Å². The summed E-state index contributed by atoms with van der Waals surface area (Å²) in [6.07, 6.45) is 2.31. The maximum Gasteiger partial charge on any atom is 0.0681 e. The molecule has 74 valence electrons. The highest BCUT2D eigenvalue weighted by Gasteiger charge is 2.12. The van der Waals surface area contributed by atoms with Gasteiger partial charge in [-0.05, 0) is 31.4 Å². The first kappa shape index (κ1) is 11.1. The summed E-state index contributed by atoms with van der Waals surface area (Å²) in [7, 11) is 0. The first-order valence-corrected chi connectivity index (χ1v) is 6.09. The van der Waals surface area contributed by atoms with Gasteiger partial charge in [-0.1, -0.05) is 20.3 Å². The maximum atomic E-state index is 6.30. The summed E-state index contributed by atoms with van der Waals surface area (Å²) in [5, 5.41) is 0.216. The van der Waals surface area contributed by atoms with E-state index >= 15 is 0 Å². The Hall–Kier alpha value is -0.0100. The molecule has 0 bridgehead atoms. The smallest absolute Gasteiger partial charge is 0.0681 e. The van der Waals surface area contributed by atoms with Gasteiger partial charge < -0.3 is 0 Å². The first-order chi connectivity index (χ1) is 6.13. The molecule has 0 nitrogen and oxygen atoms in total. The molecule has 0 radical (unpaired) electrons. The fraction of sp³-hybridized carbons (Fsp3) is 0.636. The van der Waals surface area contributed by atoms with E-state index in [0.29, 0.717) is 0 Å². The van der Waals surface area contributed by atoms with Crippen LogP contribution in [0.15, 0.2) is 12.1 Å². The van der Waals surface area contributed by atoms with Gasteiger partial charge >= 0.3 is 0 Å². The molecular weight excluding hydrogens is 200 g/mol. The van der Waals surface area contributed by atoms with Crippen molar-refractivity contribution in [3.8, 4) is 0 Å². The van der Waals surface area contributed by atoms with Gasteiger partial charge in [-0.15, -0.1) is 22.9 Å². The zero-order valence-electron chi connectivity index (χ0n) is 8.51. The van der Waals surface area contributed by atoms with Gasteiger partial charge in [-0.2, -0.15) is 0 Å². The second kappa shape index (κ2) is 5.02. The Morgan fingerprint density at radius 2 is 2.15 bits per heavy atom. The van der Waals surface area contributed by atoms with E-state index in [1.54, 1.807) is 0 Å². The summed E-state index contributed by atoms with van der Waals surface area (Å²) in [5.74, 6) is 0.727. The van der Waals surface area contributed by atoms with Crippen molar-refractivity contribution in [1.82, 2.24) is 0 Å². The number of halogens is 1. The minimum Gasteiger partial charge on any atom is -0.144 e. The Balaban J connectivity index is 2.53. The molecule has 1 aromatic heterocycles. The molecule has 0 aromatic carbocycles. The van der Waals surface area contributed by atoms with E-state index in [-0.39, 0.29) is 5.38 Å². The second-order valence-corrected chi connectivity index (χ2v) is 5.51. The van der Waals surface area contributed by atoms with Gasteiger partial charge in [0.05, 0.1) is 5.38 Å². The summed E-state index contributed by atoms with van der Waals surface area (Å²) in [6.45, 7) is 6.60. The van der Waals surface area contributed by atoms with E-state index in [1.807, 2.05) is 11.3 Å². The van der Waals surface area contributed by atoms with Gasteiger partial charge in [0, 0.05) is 9.75 Å². The van der Waals surface area contributed by atoms with Crippen LogP contribution in [0.3, 0.4) is 0 Å². The van der Waals surface area contributed by atoms with Crippen molar-refractivity contribution < 1.29 is 0 Å². The molecule has 1 aromatic rings. The van der Waals surface area contributed by atoms with E-state index in [0.717, 1.165) is 12.3 Å². The van der Waals surface area contributed by atoms with Crippen LogP contribution in [-0.4, -0.2) is 0 Å². The summed E-state index contributed by atoms with van der Waals surface area (Å²) in [6, 6.07) is 4.30. The third kappa shape index (κ3) is 3.32. The van der Waals surface area contributed by atoms with E-state index in [9.17, 15) is 0 Å². The third-order valence-electron chi connectivity index (χ3n) is 2.38. The lowest BCUT2D eigenvalue weighted by Gasteiger charge is -2.12. The number of alkyl halides is 1. The lowest BCUT2D eigenvalue weighted by molar-refractivity contribution is 0.510. The van der Waals surface area contributed by atoms with Crippen LogP contribution in [0.4, 0.5) is 0 Å². The topological polar surface area (TPSA) is 0 Å². The molecule has 0 aliphatic heterocycles. The molecule has 0 amide bonds. The molecule has 0 fully saturated rings. The van der Waals surface area contributed by atoms with E-state index in [2.05, 4.69) is 32.9 Å². The standard InChI is InChI=1S/C11H17ClS/c1-4-8(2)7-10(12)11-6-5-9(3)13-11/h5-6,8,10H,4,7H2,1-3H3. The van der Waals surface area contributed by atoms with Crippen LogP contribution < -0.4 is 0 Å². The Bertz CT molecular complexity index is 254. The van der Waals surface area contributed by atoms with Gasteiger partial charge in [-0.25, -0.2) is 0 Å². The van der Waals surface area contributed by atoms with Crippen LogP contribution in [0.1, 0.15) is 41.8 Å². The summed E-state index contributed by atoms with van der Waals surface area (Å²) in [5.41, 5.74) is 0. The van der Waals surface area contributed by atoms with Crippen LogP contribution in [0, 0.1) is 12.8 Å². The fourth-order valence-corrected chi connectivity index (χ4v) is 2.64. The summed E-state index contributed by atoms with van der Waals surface area (Å²) >= 11 is 8.12. The maximum absolute atomic E-state index is 6.30. The zero-order valence-corrected chi connectivity index (χ0v) is 10.1. The molecule has 0 saturated carbocycles.